The molecule has 2 unspecified atom stereocenters. The van der Waals surface area contributed by atoms with Crippen molar-refractivity contribution in [3.05, 3.63) is 0 Å². The minimum atomic E-state index is 0. The van der Waals surface area contributed by atoms with Crippen LogP contribution in [0.2, 0.25) is 0 Å². The van der Waals surface area contributed by atoms with Crippen molar-refractivity contribution in [2.45, 2.75) is 45.1 Å². The SMILES string of the molecule is CC1CCNC(C(=O)NCCC2CCN(C)CC2)C1.Cl. The van der Waals surface area contributed by atoms with Gasteiger partial charge in [0.1, 0.15) is 0 Å². The second-order valence-corrected chi connectivity index (χ2v) is 6.46. The molecule has 0 saturated carbocycles. The lowest BCUT2D eigenvalue weighted by Gasteiger charge is -2.30. The van der Waals surface area contributed by atoms with Crippen LogP contribution in [-0.4, -0.2) is 50.1 Å². The van der Waals surface area contributed by atoms with Crippen molar-refractivity contribution < 1.29 is 4.79 Å². The molecule has 0 aromatic rings. The molecule has 2 rings (SSSR count). The van der Waals surface area contributed by atoms with E-state index >= 15 is 0 Å². The van der Waals surface area contributed by atoms with Gasteiger partial charge in [-0.25, -0.2) is 0 Å². The number of hydrogen-bond donors (Lipinski definition) is 2. The van der Waals surface area contributed by atoms with Gasteiger partial charge < -0.3 is 15.5 Å². The number of halogens is 1. The highest BCUT2D eigenvalue weighted by molar-refractivity contribution is 5.85. The zero-order valence-corrected chi connectivity index (χ0v) is 13.7. The van der Waals surface area contributed by atoms with Crippen LogP contribution < -0.4 is 10.6 Å². The first-order chi connectivity index (χ1) is 9.15. The molecule has 1 amide bonds. The Morgan fingerprint density at radius 2 is 2.00 bits per heavy atom. The summed E-state index contributed by atoms with van der Waals surface area (Å²) in [4.78, 5) is 14.4. The minimum absolute atomic E-state index is 0. The van der Waals surface area contributed by atoms with Gasteiger partial charge in [-0.3, -0.25) is 4.79 Å². The van der Waals surface area contributed by atoms with Crippen molar-refractivity contribution in [2.24, 2.45) is 11.8 Å². The zero-order valence-electron chi connectivity index (χ0n) is 12.9. The van der Waals surface area contributed by atoms with E-state index in [2.05, 4.69) is 29.5 Å². The topological polar surface area (TPSA) is 44.4 Å². The Labute approximate surface area is 129 Å². The standard InChI is InChI=1S/C15H29N3O.ClH/c1-12-3-7-16-14(11-12)15(19)17-8-4-13-5-9-18(2)10-6-13;/h12-14,16H,3-11H2,1-2H3,(H,17,19);1H. The van der Waals surface area contributed by atoms with Crippen LogP contribution in [0.4, 0.5) is 0 Å². The Hall–Kier alpha value is -0.320. The summed E-state index contributed by atoms with van der Waals surface area (Å²) in [6, 6.07) is 0.0428. The minimum Gasteiger partial charge on any atom is -0.355 e. The Morgan fingerprint density at radius 3 is 2.65 bits per heavy atom. The Bertz CT molecular complexity index is 293. The Kier molecular flexibility index (Phi) is 7.85. The lowest BCUT2D eigenvalue weighted by Crippen LogP contribution is -2.48. The first-order valence-electron chi connectivity index (χ1n) is 7.85. The van der Waals surface area contributed by atoms with Gasteiger partial charge in [-0.2, -0.15) is 0 Å². The molecule has 2 N–H and O–H groups in total. The third-order valence-electron chi connectivity index (χ3n) is 4.67. The molecular weight excluding hydrogens is 274 g/mol. The number of likely N-dealkylation sites (tertiary alicyclic amines) is 1. The number of hydrogen-bond acceptors (Lipinski definition) is 3. The third-order valence-corrected chi connectivity index (χ3v) is 4.67. The van der Waals surface area contributed by atoms with E-state index in [0.717, 1.165) is 31.8 Å². The van der Waals surface area contributed by atoms with E-state index in [1.165, 1.54) is 32.4 Å². The maximum absolute atomic E-state index is 12.1. The number of carbonyl (C=O) groups excluding carboxylic acids is 1. The van der Waals surface area contributed by atoms with Crippen LogP contribution in [0, 0.1) is 11.8 Å². The first-order valence-corrected chi connectivity index (χ1v) is 7.85. The van der Waals surface area contributed by atoms with Gasteiger partial charge >= 0.3 is 0 Å². The van der Waals surface area contributed by atoms with Crippen molar-refractivity contribution in [3.63, 3.8) is 0 Å². The van der Waals surface area contributed by atoms with Gasteiger partial charge in [0.15, 0.2) is 0 Å². The van der Waals surface area contributed by atoms with Crippen molar-refractivity contribution >= 4 is 18.3 Å². The van der Waals surface area contributed by atoms with Gasteiger partial charge in [0, 0.05) is 6.54 Å². The van der Waals surface area contributed by atoms with E-state index < -0.39 is 0 Å². The molecule has 0 radical (unpaired) electrons. The quantitative estimate of drug-likeness (QED) is 0.830. The molecule has 118 valence electrons. The van der Waals surface area contributed by atoms with E-state index in [9.17, 15) is 4.79 Å². The molecule has 4 nitrogen and oxygen atoms in total. The van der Waals surface area contributed by atoms with Crippen LogP contribution in [0.1, 0.15) is 39.0 Å². The van der Waals surface area contributed by atoms with E-state index in [1.54, 1.807) is 0 Å². The smallest absolute Gasteiger partial charge is 0.237 e. The van der Waals surface area contributed by atoms with Gasteiger partial charge in [-0.1, -0.05) is 6.92 Å². The summed E-state index contributed by atoms with van der Waals surface area (Å²) in [5.41, 5.74) is 0. The lowest BCUT2D eigenvalue weighted by molar-refractivity contribution is -0.124. The number of carbonyl (C=O) groups is 1. The van der Waals surface area contributed by atoms with Crippen molar-refractivity contribution in [1.29, 1.82) is 0 Å². The highest BCUT2D eigenvalue weighted by atomic mass is 35.5. The van der Waals surface area contributed by atoms with Crippen LogP contribution >= 0.6 is 12.4 Å². The Balaban J connectivity index is 0.00000200. The summed E-state index contributed by atoms with van der Waals surface area (Å²) in [5.74, 6) is 1.68. The van der Waals surface area contributed by atoms with E-state index in [-0.39, 0.29) is 24.4 Å². The molecule has 0 bridgehead atoms. The second kappa shape index (κ2) is 8.85. The van der Waals surface area contributed by atoms with Crippen LogP contribution in [0.25, 0.3) is 0 Å². The summed E-state index contributed by atoms with van der Waals surface area (Å²) >= 11 is 0. The number of nitrogens with zero attached hydrogens (tertiary/aromatic N) is 1. The first kappa shape index (κ1) is 17.7. The van der Waals surface area contributed by atoms with E-state index in [4.69, 9.17) is 0 Å². The van der Waals surface area contributed by atoms with Crippen LogP contribution in [0.3, 0.4) is 0 Å². The lowest BCUT2D eigenvalue weighted by atomic mass is 9.93. The highest BCUT2D eigenvalue weighted by Crippen LogP contribution is 2.19. The molecule has 0 spiro atoms. The number of piperidine rings is 2. The van der Waals surface area contributed by atoms with Gasteiger partial charge in [-0.15, -0.1) is 12.4 Å². The highest BCUT2D eigenvalue weighted by Gasteiger charge is 2.24. The van der Waals surface area contributed by atoms with Crippen LogP contribution in [-0.2, 0) is 4.79 Å². The summed E-state index contributed by atoms with van der Waals surface area (Å²) in [6.07, 6.45) is 5.89. The molecule has 0 aromatic carbocycles. The van der Waals surface area contributed by atoms with Crippen molar-refractivity contribution in [2.75, 3.05) is 33.2 Å². The molecule has 0 aromatic heterocycles. The van der Waals surface area contributed by atoms with Gasteiger partial charge in [0.2, 0.25) is 5.91 Å². The molecule has 2 fully saturated rings. The largest absolute Gasteiger partial charge is 0.355 e. The summed E-state index contributed by atoms with van der Waals surface area (Å²) < 4.78 is 0. The van der Waals surface area contributed by atoms with Gasteiger partial charge in [0.05, 0.1) is 6.04 Å². The van der Waals surface area contributed by atoms with Gasteiger partial charge in [-0.05, 0) is 70.6 Å². The normalized spacial score (nSPS) is 28.7. The van der Waals surface area contributed by atoms with Crippen molar-refractivity contribution in [1.82, 2.24) is 15.5 Å². The van der Waals surface area contributed by atoms with Gasteiger partial charge in [0.25, 0.3) is 0 Å². The summed E-state index contributed by atoms with van der Waals surface area (Å²) in [7, 11) is 2.19. The van der Waals surface area contributed by atoms with E-state index in [1.807, 2.05) is 0 Å². The fraction of sp³-hybridized carbons (Fsp3) is 0.933. The molecule has 2 heterocycles. The molecule has 20 heavy (non-hydrogen) atoms. The molecule has 2 aliphatic rings. The van der Waals surface area contributed by atoms with Crippen LogP contribution in [0.5, 0.6) is 0 Å². The molecule has 5 heteroatoms. The van der Waals surface area contributed by atoms with E-state index in [0.29, 0.717) is 5.92 Å². The maximum atomic E-state index is 12.1. The molecule has 2 atom stereocenters. The average Bonchev–Trinajstić information content (AvgIpc) is 2.41. The second-order valence-electron chi connectivity index (χ2n) is 6.46. The predicted molar refractivity (Wildman–Crippen MR) is 85.3 cm³/mol. The monoisotopic (exact) mass is 303 g/mol. The third kappa shape index (κ3) is 5.58. The zero-order chi connectivity index (χ0) is 13.7. The molecular formula is C15H30ClN3O. The summed E-state index contributed by atoms with van der Waals surface area (Å²) in [6.45, 7) is 6.48. The maximum Gasteiger partial charge on any atom is 0.237 e. The molecule has 2 saturated heterocycles. The molecule has 0 aliphatic carbocycles. The number of amides is 1. The number of rotatable bonds is 4. The predicted octanol–water partition coefficient (Wildman–Crippen LogP) is 1.64. The molecule has 2 aliphatic heterocycles. The Morgan fingerprint density at radius 1 is 1.30 bits per heavy atom. The number of nitrogens with one attached hydrogen (secondary N) is 2. The fourth-order valence-electron chi connectivity index (χ4n) is 3.18. The van der Waals surface area contributed by atoms with Crippen LogP contribution in [0.15, 0.2) is 0 Å². The average molecular weight is 304 g/mol. The van der Waals surface area contributed by atoms with Crippen molar-refractivity contribution in [3.8, 4) is 0 Å². The summed E-state index contributed by atoms with van der Waals surface area (Å²) in [5, 5.41) is 6.44. The fourth-order valence-corrected chi connectivity index (χ4v) is 3.18.